The van der Waals surface area contributed by atoms with Gasteiger partial charge < -0.3 is 9.84 Å². The predicted octanol–water partition coefficient (Wildman–Crippen LogP) is 3.23. The fourth-order valence-corrected chi connectivity index (χ4v) is 1.54. The number of aliphatic hydroxyl groups is 1. The Morgan fingerprint density at radius 3 is 2.83 bits per heavy atom. The minimum Gasteiger partial charge on any atom is -0.467 e. The maximum Gasteiger partial charge on any atom is 0.229 e. The molecule has 0 fully saturated rings. The van der Waals surface area contributed by atoms with Crippen molar-refractivity contribution in [3.05, 3.63) is 59.2 Å². The Kier molecular flexibility index (Phi) is 3.56. The third kappa shape index (κ3) is 2.65. The molecule has 0 saturated heterocycles. The Morgan fingerprint density at radius 2 is 2.17 bits per heavy atom. The average molecular weight is 240 g/mol. The van der Waals surface area contributed by atoms with Gasteiger partial charge in [0.05, 0.1) is 19.4 Å². The van der Waals surface area contributed by atoms with Gasteiger partial charge in [0, 0.05) is 6.20 Å². The Balaban J connectivity index is 2.32. The van der Waals surface area contributed by atoms with Crippen LogP contribution in [0.5, 0.6) is 11.5 Å². The van der Waals surface area contributed by atoms with E-state index in [4.69, 9.17) is 16.4 Å². The fourth-order valence-electron chi connectivity index (χ4n) is 1.54. The van der Waals surface area contributed by atoms with E-state index in [1.54, 1.807) is 30.6 Å². The molecule has 0 atom stereocenters. The molecule has 1 heterocycles. The molecule has 90 valence electrons. The molecule has 0 bridgehead atoms. The second-order valence-electron chi connectivity index (χ2n) is 3.87. The second kappa shape index (κ2) is 5.30. The highest BCUT2D eigenvalue weighted by Crippen LogP contribution is 2.32. The molecule has 1 aromatic carbocycles. The molecule has 4 heteroatoms. The largest absolute Gasteiger partial charge is 0.467 e. The molecule has 0 saturated carbocycles. The molecule has 0 aliphatic carbocycles. The minimum atomic E-state index is -0.0885. The van der Waals surface area contributed by atoms with Crippen LogP contribution in [0.4, 0.5) is 5.69 Å². The number of hydrogen-bond donors (Lipinski definition) is 1. The van der Waals surface area contributed by atoms with Gasteiger partial charge in [0.2, 0.25) is 5.69 Å². The fraction of sp³-hybridized carbons (Fsp3) is 0.143. The second-order valence-corrected chi connectivity index (χ2v) is 3.87. The van der Waals surface area contributed by atoms with Gasteiger partial charge in [-0.1, -0.05) is 6.07 Å². The summed E-state index contributed by atoms with van der Waals surface area (Å²) in [5.74, 6) is 1.06. The maximum atomic E-state index is 9.02. The summed E-state index contributed by atoms with van der Waals surface area (Å²) in [6.45, 7) is 8.94. The quantitative estimate of drug-likeness (QED) is 0.838. The van der Waals surface area contributed by atoms with E-state index < -0.39 is 0 Å². The van der Waals surface area contributed by atoms with Crippen LogP contribution in [0.15, 0.2) is 36.7 Å². The third-order valence-electron chi connectivity index (χ3n) is 2.40. The summed E-state index contributed by atoms with van der Waals surface area (Å²) in [4.78, 5) is 7.42. The SMILES string of the molecule is [C-]#[N+]c1cc(CO)ccc1Oc1cncc(C)c1. The van der Waals surface area contributed by atoms with Crippen molar-refractivity contribution in [1.29, 1.82) is 0 Å². The van der Waals surface area contributed by atoms with Crippen LogP contribution in [0, 0.1) is 13.5 Å². The molecule has 0 spiro atoms. The van der Waals surface area contributed by atoms with Gasteiger partial charge in [-0.25, -0.2) is 4.85 Å². The number of aliphatic hydroxyl groups excluding tert-OH is 1. The lowest BCUT2D eigenvalue weighted by molar-refractivity contribution is 0.282. The Hall–Kier alpha value is -2.38. The van der Waals surface area contributed by atoms with Crippen LogP contribution in [0.1, 0.15) is 11.1 Å². The summed E-state index contributed by atoms with van der Waals surface area (Å²) in [5.41, 5.74) is 2.06. The monoisotopic (exact) mass is 240 g/mol. The zero-order valence-corrected chi connectivity index (χ0v) is 9.92. The van der Waals surface area contributed by atoms with E-state index in [-0.39, 0.29) is 6.61 Å². The zero-order valence-electron chi connectivity index (χ0n) is 9.92. The molecular weight excluding hydrogens is 228 g/mol. The van der Waals surface area contributed by atoms with E-state index in [1.165, 1.54) is 0 Å². The van der Waals surface area contributed by atoms with Crippen LogP contribution in [0.2, 0.25) is 0 Å². The van der Waals surface area contributed by atoms with Crippen LogP contribution in [0.3, 0.4) is 0 Å². The summed E-state index contributed by atoms with van der Waals surface area (Å²) in [7, 11) is 0. The van der Waals surface area contributed by atoms with Crippen LogP contribution < -0.4 is 4.74 Å². The van der Waals surface area contributed by atoms with E-state index in [9.17, 15) is 0 Å². The average Bonchev–Trinajstić information content (AvgIpc) is 2.39. The van der Waals surface area contributed by atoms with Crippen molar-refractivity contribution in [2.24, 2.45) is 0 Å². The van der Waals surface area contributed by atoms with Crippen molar-refractivity contribution in [3.8, 4) is 11.5 Å². The Morgan fingerprint density at radius 1 is 1.33 bits per heavy atom. The van der Waals surface area contributed by atoms with E-state index in [0.717, 1.165) is 5.56 Å². The lowest BCUT2D eigenvalue weighted by Crippen LogP contribution is -1.88. The molecule has 0 aliphatic heterocycles. The first-order chi connectivity index (χ1) is 8.72. The van der Waals surface area contributed by atoms with Gasteiger partial charge in [0.25, 0.3) is 0 Å². The van der Waals surface area contributed by atoms with Crippen LogP contribution in [-0.4, -0.2) is 10.1 Å². The maximum absolute atomic E-state index is 9.02. The van der Waals surface area contributed by atoms with Gasteiger partial charge in [-0.05, 0) is 36.2 Å². The summed E-state index contributed by atoms with van der Waals surface area (Å²) in [6.07, 6.45) is 3.33. The zero-order chi connectivity index (χ0) is 13.0. The number of aromatic nitrogens is 1. The predicted molar refractivity (Wildman–Crippen MR) is 67.7 cm³/mol. The van der Waals surface area contributed by atoms with Gasteiger partial charge in [-0.15, -0.1) is 0 Å². The molecule has 0 radical (unpaired) electrons. The molecule has 1 aromatic heterocycles. The van der Waals surface area contributed by atoms with Gasteiger partial charge in [0.15, 0.2) is 0 Å². The van der Waals surface area contributed by atoms with Crippen LogP contribution in [0.25, 0.3) is 4.85 Å². The van der Waals surface area contributed by atoms with E-state index in [1.807, 2.05) is 13.0 Å². The summed E-state index contributed by atoms with van der Waals surface area (Å²) in [6, 6.07) is 6.88. The third-order valence-corrected chi connectivity index (χ3v) is 2.40. The standard InChI is InChI=1S/C14H12N2O2/c1-10-5-12(8-16-7-10)18-14-4-3-11(9-17)6-13(14)15-2/h3-8,17H,9H2,1H3. The van der Waals surface area contributed by atoms with Crippen molar-refractivity contribution in [2.45, 2.75) is 13.5 Å². The number of benzene rings is 1. The molecule has 4 nitrogen and oxygen atoms in total. The summed E-state index contributed by atoms with van der Waals surface area (Å²) < 4.78 is 5.62. The number of pyridine rings is 1. The molecule has 18 heavy (non-hydrogen) atoms. The summed E-state index contributed by atoms with van der Waals surface area (Å²) in [5, 5.41) is 9.02. The highest BCUT2D eigenvalue weighted by molar-refractivity contribution is 5.60. The highest BCUT2D eigenvalue weighted by Gasteiger charge is 2.06. The van der Waals surface area contributed by atoms with Gasteiger partial charge in [-0.3, -0.25) is 4.98 Å². The number of aryl methyl sites for hydroxylation is 1. The van der Waals surface area contributed by atoms with Gasteiger partial charge >= 0.3 is 0 Å². The summed E-state index contributed by atoms with van der Waals surface area (Å²) >= 11 is 0. The van der Waals surface area contributed by atoms with Crippen molar-refractivity contribution in [1.82, 2.24) is 4.98 Å². The lowest BCUT2D eigenvalue weighted by atomic mass is 10.2. The van der Waals surface area contributed by atoms with Crippen molar-refractivity contribution >= 4 is 5.69 Å². The van der Waals surface area contributed by atoms with E-state index in [2.05, 4.69) is 9.83 Å². The molecule has 1 N–H and O–H groups in total. The van der Waals surface area contributed by atoms with Gasteiger partial charge in [0.1, 0.15) is 11.5 Å². The van der Waals surface area contributed by atoms with Crippen molar-refractivity contribution < 1.29 is 9.84 Å². The molecule has 0 aliphatic rings. The Bertz CT molecular complexity index is 603. The van der Waals surface area contributed by atoms with Crippen molar-refractivity contribution in [3.63, 3.8) is 0 Å². The van der Waals surface area contributed by atoms with Crippen molar-refractivity contribution in [2.75, 3.05) is 0 Å². The minimum absolute atomic E-state index is 0.0885. The number of ether oxygens (including phenoxy) is 1. The molecule has 0 unspecified atom stereocenters. The van der Waals surface area contributed by atoms with Crippen LogP contribution >= 0.6 is 0 Å². The van der Waals surface area contributed by atoms with Gasteiger partial charge in [-0.2, -0.15) is 0 Å². The smallest absolute Gasteiger partial charge is 0.229 e. The molecular formula is C14H12N2O2. The number of nitrogens with zero attached hydrogens (tertiary/aromatic N) is 2. The van der Waals surface area contributed by atoms with Crippen LogP contribution in [-0.2, 0) is 6.61 Å². The number of rotatable bonds is 3. The molecule has 0 amide bonds. The lowest BCUT2D eigenvalue weighted by Gasteiger charge is -2.08. The first-order valence-corrected chi connectivity index (χ1v) is 5.43. The highest BCUT2D eigenvalue weighted by atomic mass is 16.5. The topological polar surface area (TPSA) is 46.7 Å². The Labute approximate surface area is 105 Å². The first kappa shape index (κ1) is 12.1. The first-order valence-electron chi connectivity index (χ1n) is 5.43. The molecule has 2 aromatic rings. The van der Waals surface area contributed by atoms with E-state index in [0.29, 0.717) is 22.7 Å². The normalized spacial score (nSPS) is 9.83. The van der Waals surface area contributed by atoms with E-state index >= 15 is 0 Å². The number of hydrogen-bond acceptors (Lipinski definition) is 3. The molecule has 2 rings (SSSR count).